The van der Waals surface area contributed by atoms with Crippen LogP contribution in [0.15, 0.2) is 71.6 Å². The molecule has 3 rings (SSSR count). The zero-order valence-electron chi connectivity index (χ0n) is 16.1. The SMILES string of the molecule is CCc1ccccc1NS(=O)(=O)c1ccc(NC(=O)c2ccc(Cl)cc2)c(C)c1. The summed E-state index contributed by atoms with van der Waals surface area (Å²) in [5.41, 5.74) is 3.12. The Bertz CT molecular complexity index is 1140. The number of hydrogen-bond donors (Lipinski definition) is 2. The zero-order valence-corrected chi connectivity index (χ0v) is 17.6. The fourth-order valence-electron chi connectivity index (χ4n) is 2.87. The maximum atomic E-state index is 12.8. The highest BCUT2D eigenvalue weighted by Gasteiger charge is 2.17. The molecule has 0 aromatic heterocycles. The van der Waals surface area contributed by atoms with Crippen molar-refractivity contribution < 1.29 is 13.2 Å². The Hall–Kier alpha value is -2.83. The van der Waals surface area contributed by atoms with Crippen molar-refractivity contribution in [3.63, 3.8) is 0 Å². The molecule has 0 atom stereocenters. The van der Waals surface area contributed by atoms with E-state index in [1.54, 1.807) is 49.4 Å². The largest absolute Gasteiger partial charge is 0.322 e. The molecule has 150 valence electrons. The normalized spacial score (nSPS) is 11.1. The van der Waals surface area contributed by atoms with Crippen molar-refractivity contribution >= 4 is 38.9 Å². The molecule has 5 nitrogen and oxygen atoms in total. The molecule has 3 aromatic rings. The van der Waals surface area contributed by atoms with E-state index in [9.17, 15) is 13.2 Å². The molecule has 3 aromatic carbocycles. The molecule has 2 N–H and O–H groups in total. The van der Waals surface area contributed by atoms with Crippen molar-refractivity contribution in [2.75, 3.05) is 10.0 Å². The van der Waals surface area contributed by atoms with Gasteiger partial charge in [0.15, 0.2) is 0 Å². The summed E-state index contributed by atoms with van der Waals surface area (Å²) in [6.45, 7) is 3.71. The van der Waals surface area contributed by atoms with Gasteiger partial charge in [0.25, 0.3) is 15.9 Å². The van der Waals surface area contributed by atoms with Crippen LogP contribution in [0, 0.1) is 6.92 Å². The molecule has 0 aliphatic rings. The van der Waals surface area contributed by atoms with Crippen LogP contribution >= 0.6 is 11.6 Å². The first-order valence-electron chi connectivity index (χ1n) is 9.08. The number of benzene rings is 3. The van der Waals surface area contributed by atoms with E-state index in [2.05, 4.69) is 10.0 Å². The Balaban J connectivity index is 1.81. The monoisotopic (exact) mass is 428 g/mol. The average molecular weight is 429 g/mol. The first-order chi connectivity index (χ1) is 13.8. The van der Waals surface area contributed by atoms with E-state index in [0.29, 0.717) is 33.9 Å². The molecule has 0 spiro atoms. The summed E-state index contributed by atoms with van der Waals surface area (Å²) in [6.07, 6.45) is 0.716. The van der Waals surface area contributed by atoms with E-state index >= 15 is 0 Å². The van der Waals surface area contributed by atoms with Gasteiger partial charge in [-0.15, -0.1) is 0 Å². The van der Waals surface area contributed by atoms with E-state index in [-0.39, 0.29) is 10.8 Å². The van der Waals surface area contributed by atoms with Crippen molar-refractivity contribution in [2.45, 2.75) is 25.2 Å². The molecule has 0 saturated carbocycles. The smallest absolute Gasteiger partial charge is 0.261 e. The van der Waals surface area contributed by atoms with Crippen LogP contribution in [0.2, 0.25) is 5.02 Å². The first kappa shape index (κ1) is 20.9. The first-order valence-corrected chi connectivity index (χ1v) is 10.9. The summed E-state index contributed by atoms with van der Waals surface area (Å²) in [6, 6.07) is 18.4. The van der Waals surface area contributed by atoms with Crippen molar-refractivity contribution in [3.05, 3.63) is 88.4 Å². The molecule has 0 saturated heterocycles. The standard InChI is InChI=1S/C22H21ClN2O3S/c1-3-16-6-4-5-7-21(16)25-29(27,28)19-12-13-20(15(2)14-19)24-22(26)17-8-10-18(23)11-9-17/h4-14,25H,3H2,1-2H3,(H,24,26). The van der Waals surface area contributed by atoms with Gasteiger partial charge in [0.05, 0.1) is 10.6 Å². The molecule has 0 bridgehead atoms. The Morgan fingerprint density at radius 2 is 1.66 bits per heavy atom. The predicted molar refractivity (Wildman–Crippen MR) is 117 cm³/mol. The second-order valence-electron chi connectivity index (χ2n) is 6.55. The Morgan fingerprint density at radius 1 is 0.966 bits per heavy atom. The summed E-state index contributed by atoms with van der Waals surface area (Å²) in [5, 5.41) is 3.34. The summed E-state index contributed by atoms with van der Waals surface area (Å²) in [5.74, 6) is -0.296. The van der Waals surface area contributed by atoms with Crippen LogP contribution in [0.4, 0.5) is 11.4 Å². The number of sulfonamides is 1. The van der Waals surface area contributed by atoms with Crippen molar-refractivity contribution in [1.29, 1.82) is 0 Å². The van der Waals surface area contributed by atoms with Gasteiger partial charge in [-0.3, -0.25) is 9.52 Å². The number of rotatable bonds is 6. The highest BCUT2D eigenvalue weighted by atomic mass is 35.5. The lowest BCUT2D eigenvalue weighted by Gasteiger charge is -2.14. The molecular formula is C22H21ClN2O3S. The number of halogens is 1. The molecule has 1 amide bonds. The van der Waals surface area contributed by atoms with E-state index in [1.165, 1.54) is 12.1 Å². The third kappa shape index (κ3) is 4.96. The van der Waals surface area contributed by atoms with Crippen LogP contribution in [-0.4, -0.2) is 14.3 Å². The van der Waals surface area contributed by atoms with Crippen LogP contribution in [-0.2, 0) is 16.4 Å². The molecule has 0 fully saturated rings. The van der Waals surface area contributed by atoms with E-state index in [4.69, 9.17) is 11.6 Å². The molecule has 0 aliphatic carbocycles. The van der Waals surface area contributed by atoms with E-state index in [1.807, 2.05) is 19.1 Å². The van der Waals surface area contributed by atoms with Crippen LogP contribution in [0.25, 0.3) is 0 Å². The topological polar surface area (TPSA) is 75.3 Å². The highest BCUT2D eigenvalue weighted by Crippen LogP contribution is 2.24. The average Bonchev–Trinajstić information content (AvgIpc) is 2.70. The summed E-state index contributed by atoms with van der Waals surface area (Å²) >= 11 is 5.84. The number of carbonyl (C=O) groups is 1. The van der Waals surface area contributed by atoms with Crippen molar-refractivity contribution in [3.8, 4) is 0 Å². The Kier molecular flexibility index (Phi) is 6.25. The number of para-hydroxylation sites is 1. The maximum absolute atomic E-state index is 12.8. The van der Waals surface area contributed by atoms with Crippen LogP contribution in [0.5, 0.6) is 0 Å². The lowest BCUT2D eigenvalue weighted by molar-refractivity contribution is 0.102. The van der Waals surface area contributed by atoms with Crippen molar-refractivity contribution in [2.24, 2.45) is 0 Å². The lowest BCUT2D eigenvalue weighted by atomic mass is 10.1. The molecule has 7 heteroatoms. The third-order valence-electron chi connectivity index (χ3n) is 4.51. The minimum Gasteiger partial charge on any atom is -0.322 e. The molecule has 29 heavy (non-hydrogen) atoms. The van der Waals surface area contributed by atoms with Gasteiger partial charge in [-0.25, -0.2) is 8.42 Å². The van der Waals surface area contributed by atoms with Crippen molar-refractivity contribution in [1.82, 2.24) is 0 Å². The lowest BCUT2D eigenvalue weighted by Crippen LogP contribution is -2.16. The van der Waals surface area contributed by atoms with Gasteiger partial charge in [-0.05, 0) is 73.0 Å². The van der Waals surface area contributed by atoms with Crippen LogP contribution in [0.1, 0.15) is 28.4 Å². The van der Waals surface area contributed by atoms with E-state index in [0.717, 1.165) is 5.56 Å². The maximum Gasteiger partial charge on any atom is 0.261 e. The van der Waals surface area contributed by atoms with Gasteiger partial charge < -0.3 is 5.32 Å². The molecule has 0 heterocycles. The second kappa shape index (κ2) is 8.68. The quantitative estimate of drug-likeness (QED) is 0.562. The molecular weight excluding hydrogens is 408 g/mol. The molecule has 0 unspecified atom stereocenters. The number of aryl methyl sites for hydroxylation is 2. The fraction of sp³-hybridized carbons (Fsp3) is 0.136. The zero-order chi connectivity index (χ0) is 21.0. The van der Waals surface area contributed by atoms with E-state index < -0.39 is 10.0 Å². The Labute approximate surface area is 175 Å². The summed E-state index contributed by atoms with van der Waals surface area (Å²) in [7, 11) is -3.75. The number of hydrogen-bond acceptors (Lipinski definition) is 3. The summed E-state index contributed by atoms with van der Waals surface area (Å²) in [4.78, 5) is 12.5. The van der Waals surface area contributed by atoms with Crippen LogP contribution < -0.4 is 10.0 Å². The number of carbonyl (C=O) groups excluding carboxylic acids is 1. The number of nitrogens with one attached hydrogen (secondary N) is 2. The molecule has 0 radical (unpaired) electrons. The highest BCUT2D eigenvalue weighted by molar-refractivity contribution is 7.92. The third-order valence-corrected chi connectivity index (χ3v) is 6.12. The van der Waals surface area contributed by atoms with Gasteiger partial charge >= 0.3 is 0 Å². The van der Waals surface area contributed by atoms with Crippen LogP contribution in [0.3, 0.4) is 0 Å². The van der Waals surface area contributed by atoms with Gasteiger partial charge in [0, 0.05) is 16.3 Å². The minimum atomic E-state index is -3.75. The van der Waals surface area contributed by atoms with Gasteiger partial charge in [0.1, 0.15) is 0 Å². The van der Waals surface area contributed by atoms with Gasteiger partial charge in [0.2, 0.25) is 0 Å². The molecule has 0 aliphatic heterocycles. The summed E-state index contributed by atoms with van der Waals surface area (Å²) < 4.78 is 28.2. The fourth-order valence-corrected chi connectivity index (χ4v) is 4.18. The second-order valence-corrected chi connectivity index (χ2v) is 8.67. The number of amides is 1. The Morgan fingerprint density at radius 3 is 2.31 bits per heavy atom. The van der Waals surface area contributed by atoms with Gasteiger partial charge in [-0.1, -0.05) is 36.7 Å². The number of anilines is 2. The van der Waals surface area contributed by atoms with Gasteiger partial charge in [-0.2, -0.15) is 0 Å². The minimum absolute atomic E-state index is 0.130. The predicted octanol–water partition coefficient (Wildman–Crippen LogP) is 5.26.